The Morgan fingerprint density at radius 2 is 1.86 bits per heavy atom. The molecule has 2 aromatic heterocycles. The Hall–Kier alpha value is -3.08. The minimum atomic E-state index is -4.72. The van der Waals surface area contributed by atoms with E-state index in [0.717, 1.165) is 11.5 Å². The highest BCUT2D eigenvalue weighted by molar-refractivity contribution is 5.63. The lowest BCUT2D eigenvalue weighted by Gasteiger charge is -2.14. The normalized spacial score (nSPS) is 11.7. The Morgan fingerprint density at radius 3 is 2.48 bits per heavy atom. The van der Waals surface area contributed by atoms with Gasteiger partial charge in [-0.15, -0.1) is 0 Å². The van der Waals surface area contributed by atoms with E-state index >= 15 is 0 Å². The Morgan fingerprint density at radius 1 is 1.07 bits per heavy atom. The first-order chi connectivity index (χ1) is 13.8. The molecule has 0 radical (unpaired) electrons. The van der Waals surface area contributed by atoms with Gasteiger partial charge in [0.2, 0.25) is 11.6 Å². The molecule has 0 amide bonds. The highest BCUT2D eigenvalue weighted by atomic mass is 19.4. The number of halogens is 3. The van der Waals surface area contributed by atoms with Crippen molar-refractivity contribution in [2.75, 3.05) is 13.7 Å². The van der Waals surface area contributed by atoms with Crippen LogP contribution in [0.25, 0.3) is 11.4 Å². The van der Waals surface area contributed by atoms with E-state index in [1.807, 2.05) is 13.0 Å². The summed E-state index contributed by atoms with van der Waals surface area (Å²) in [6.07, 6.45) is -3.43. The second-order valence-electron chi connectivity index (χ2n) is 6.18. The minimum absolute atomic E-state index is 0.177. The number of benzene rings is 1. The predicted molar refractivity (Wildman–Crippen MR) is 92.2 cm³/mol. The van der Waals surface area contributed by atoms with E-state index in [4.69, 9.17) is 19.0 Å². The summed E-state index contributed by atoms with van der Waals surface area (Å²) in [6.45, 7) is 3.90. The zero-order chi connectivity index (χ0) is 21.0. The third kappa shape index (κ3) is 5.05. The van der Waals surface area contributed by atoms with Gasteiger partial charge in [-0.3, -0.25) is 0 Å². The van der Waals surface area contributed by atoms with Crippen molar-refractivity contribution in [3.05, 3.63) is 41.1 Å². The van der Waals surface area contributed by atoms with E-state index in [2.05, 4.69) is 19.8 Å². The quantitative estimate of drug-likeness (QED) is 0.306. The number of aryl methyl sites for hydroxylation is 3. The summed E-state index contributed by atoms with van der Waals surface area (Å²) < 4.78 is 53.3. The fourth-order valence-corrected chi connectivity index (χ4v) is 2.62. The highest BCUT2D eigenvalue weighted by Crippen LogP contribution is 2.37. The summed E-state index contributed by atoms with van der Waals surface area (Å²) in [5.74, 6) is -0.333. The summed E-state index contributed by atoms with van der Waals surface area (Å²) >= 11 is 0. The maximum absolute atomic E-state index is 12.7. The maximum atomic E-state index is 12.7. The van der Waals surface area contributed by atoms with Gasteiger partial charge in [-0.2, -0.15) is 23.0 Å². The van der Waals surface area contributed by atoms with E-state index < -0.39 is 12.1 Å². The van der Waals surface area contributed by atoms with Crippen molar-refractivity contribution in [3.63, 3.8) is 0 Å². The first-order valence-corrected chi connectivity index (χ1v) is 8.59. The second-order valence-corrected chi connectivity index (χ2v) is 6.18. The molecular formula is C18H18F3N3O5. The molecule has 0 atom stereocenters. The zero-order valence-electron chi connectivity index (χ0n) is 15.9. The Bertz CT molecular complexity index is 968. The Kier molecular flexibility index (Phi) is 6.06. The van der Waals surface area contributed by atoms with E-state index in [0.29, 0.717) is 30.8 Å². The van der Waals surface area contributed by atoms with Gasteiger partial charge in [0.1, 0.15) is 5.76 Å². The third-order valence-electron chi connectivity index (χ3n) is 3.83. The molecule has 0 unspecified atom stereocenters. The topological polar surface area (TPSA) is 92.6 Å². The van der Waals surface area contributed by atoms with Gasteiger partial charge in [0.05, 0.1) is 19.4 Å². The molecule has 0 aliphatic rings. The number of hydrogen-bond donors (Lipinski definition) is 0. The smallest absolute Gasteiger partial charge is 0.471 e. The highest BCUT2D eigenvalue weighted by Gasteiger charge is 2.38. The van der Waals surface area contributed by atoms with E-state index in [-0.39, 0.29) is 17.1 Å². The average molecular weight is 413 g/mol. The number of rotatable bonds is 8. The Labute approximate surface area is 163 Å². The molecule has 3 rings (SSSR count). The van der Waals surface area contributed by atoms with Crippen LogP contribution in [0.4, 0.5) is 13.2 Å². The van der Waals surface area contributed by atoms with Crippen LogP contribution in [-0.4, -0.2) is 29.0 Å². The van der Waals surface area contributed by atoms with Gasteiger partial charge in [-0.1, -0.05) is 10.3 Å². The fourth-order valence-electron chi connectivity index (χ4n) is 2.62. The predicted octanol–water partition coefficient (Wildman–Crippen LogP) is 4.31. The van der Waals surface area contributed by atoms with Crippen LogP contribution in [0.2, 0.25) is 0 Å². The molecule has 0 saturated carbocycles. The molecule has 11 heteroatoms. The van der Waals surface area contributed by atoms with Crippen LogP contribution in [-0.2, 0) is 17.5 Å². The fraction of sp³-hybridized carbons (Fsp3) is 0.389. The van der Waals surface area contributed by atoms with Gasteiger partial charge in [-0.25, -0.2) is 0 Å². The molecule has 1 aromatic carbocycles. The van der Waals surface area contributed by atoms with Gasteiger partial charge < -0.3 is 18.7 Å². The zero-order valence-corrected chi connectivity index (χ0v) is 15.9. The molecule has 0 fully saturated rings. The van der Waals surface area contributed by atoms with Crippen molar-refractivity contribution < 1.29 is 36.7 Å². The van der Waals surface area contributed by atoms with Crippen molar-refractivity contribution in [1.29, 1.82) is 0 Å². The van der Waals surface area contributed by atoms with Gasteiger partial charge in [0.15, 0.2) is 5.75 Å². The average Bonchev–Trinajstić information content (AvgIpc) is 3.29. The van der Waals surface area contributed by atoms with Crippen LogP contribution in [0.15, 0.2) is 27.2 Å². The molecule has 0 aliphatic heterocycles. The van der Waals surface area contributed by atoms with Gasteiger partial charge in [-0.05, 0) is 38.0 Å². The molecule has 0 bridgehead atoms. The van der Waals surface area contributed by atoms with Crippen molar-refractivity contribution in [3.8, 4) is 22.9 Å². The lowest BCUT2D eigenvalue weighted by molar-refractivity contribution is -0.179. The molecule has 3 aromatic rings. The molecule has 156 valence electrons. The van der Waals surface area contributed by atoms with E-state index in [9.17, 15) is 13.2 Å². The van der Waals surface area contributed by atoms with Crippen LogP contribution in [0, 0.1) is 13.8 Å². The Balaban J connectivity index is 1.74. The van der Waals surface area contributed by atoms with Crippen LogP contribution in [0.1, 0.15) is 29.3 Å². The number of nitrogens with zero attached hydrogens (tertiary/aromatic N) is 3. The number of hydrogen-bond acceptors (Lipinski definition) is 8. The monoisotopic (exact) mass is 413 g/mol. The first-order valence-electron chi connectivity index (χ1n) is 8.59. The standard InChI is InChI=1S/C18H18F3N3O5/c1-10-7-12(16-22-17(28-24-16)18(19,20)21)9-14(29-25-3)15(10)26-6-4-5-13-8-11(2)23-27-13/h7-9H,4-6H2,1-3H3. The van der Waals surface area contributed by atoms with Gasteiger partial charge in [0.25, 0.3) is 0 Å². The number of aromatic nitrogens is 3. The molecule has 0 spiro atoms. The van der Waals surface area contributed by atoms with Crippen LogP contribution in [0.3, 0.4) is 0 Å². The van der Waals surface area contributed by atoms with E-state index in [1.54, 1.807) is 13.0 Å². The first kappa shape index (κ1) is 20.6. The second kappa shape index (κ2) is 8.52. The lowest BCUT2D eigenvalue weighted by atomic mass is 10.1. The largest absolute Gasteiger partial charge is 0.489 e. The summed E-state index contributed by atoms with van der Waals surface area (Å²) in [7, 11) is 1.30. The van der Waals surface area contributed by atoms with Crippen molar-refractivity contribution >= 4 is 0 Å². The minimum Gasteiger partial charge on any atom is -0.489 e. The van der Waals surface area contributed by atoms with Gasteiger partial charge >= 0.3 is 12.1 Å². The van der Waals surface area contributed by atoms with Gasteiger partial charge in [0, 0.05) is 18.1 Å². The summed E-state index contributed by atoms with van der Waals surface area (Å²) in [5.41, 5.74) is 1.67. The van der Waals surface area contributed by atoms with Crippen molar-refractivity contribution in [1.82, 2.24) is 15.3 Å². The molecule has 29 heavy (non-hydrogen) atoms. The van der Waals surface area contributed by atoms with Crippen molar-refractivity contribution in [2.45, 2.75) is 32.9 Å². The maximum Gasteiger partial charge on any atom is 0.471 e. The van der Waals surface area contributed by atoms with Crippen LogP contribution >= 0.6 is 0 Å². The summed E-state index contributed by atoms with van der Waals surface area (Å²) in [4.78, 5) is 13.2. The molecule has 0 aliphatic carbocycles. The molecule has 0 N–H and O–H groups in total. The van der Waals surface area contributed by atoms with E-state index in [1.165, 1.54) is 13.2 Å². The lowest BCUT2D eigenvalue weighted by Crippen LogP contribution is -2.05. The number of alkyl halides is 3. The number of ether oxygens (including phenoxy) is 1. The SMILES string of the molecule is COOc1cc(-c2noc(C(F)(F)F)n2)cc(C)c1OCCCc1cc(C)no1. The van der Waals surface area contributed by atoms with Crippen molar-refractivity contribution in [2.24, 2.45) is 0 Å². The molecule has 2 heterocycles. The van der Waals surface area contributed by atoms with Crippen LogP contribution in [0.5, 0.6) is 11.5 Å². The summed E-state index contributed by atoms with van der Waals surface area (Å²) in [6, 6.07) is 4.83. The third-order valence-corrected chi connectivity index (χ3v) is 3.83. The van der Waals surface area contributed by atoms with Crippen LogP contribution < -0.4 is 9.62 Å². The molecule has 0 saturated heterocycles. The molecule has 8 nitrogen and oxygen atoms in total. The summed E-state index contributed by atoms with van der Waals surface area (Å²) in [5, 5.41) is 7.20. The molecular weight excluding hydrogens is 395 g/mol.